The Bertz CT molecular complexity index is 972. The number of carbonyl (C=O) groups is 1. The number of amides is 1. The minimum atomic E-state index is -0.696. The number of nitro groups is 1. The molecule has 0 unspecified atom stereocenters. The maximum absolute atomic E-state index is 11.3. The van der Waals surface area contributed by atoms with Gasteiger partial charge >= 0.3 is 0 Å². The molecule has 3 rings (SSSR count). The van der Waals surface area contributed by atoms with Gasteiger partial charge in [-0.2, -0.15) is 0 Å². The highest BCUT2D eigenvalue weighted by Crippen LogP contribution is 2.29. The average molecular weight is 433 g/mol. The Morgan fingerprint density at radius 1 is 1.27 bits per heavy atom. The minimum Gasteiger partial charge on any atom is -0.366 e. The molecule has 0 spiro atoms. The second-order valence-corrected chi connectivity index (χ2v) is 7.17. The standard InChI is InChI=1S/C17H13BrN4O3S/c18-13-3-5-14(6-4-13)21-8-7-20-17(21)26-10-12-2-1-11(16(19)23)9-15(12)22(24)25/h1-9H,10H2,(H2,19,23). The predicted molar refractivity (Wildman–Crippen MR) is 102 cm³/mol. The number of rotatable bonds is 6. The van der Waals surface area contributed by atoms with Crippen LogP contribution in [-0.4, -0.2) is 20.4 Å². The number of carbonyl (C=O) groups excluding carboxylic acids is 1. The van der Waals surface area contributed by atoms with E-state index in [1.54, 1.807) is 12.3 Å². The molecule has 0 aliphatic carbocycles. The summed E-state index contributed by atoms with van der Waals surface area (Å²) in [6.07, 6.45) is 3.51. The number of halogens is 1. The van der Waals surface area contributed by atoms with Gasteiger partial charge in [-0.3, -0.25) is 19.5 Å². The molecule has 0 atom stereocenters. The molecule has 0 saturated carbocycles. The van der Waals surface area contributed by atoms with Crippen LogP contribution in [-0.2, 0) is 5.75 Å². The molecule has 1 aromatic heterocycles. The lowest BCUT2D eigenvalue weighted by molar-refractivity contribution is -0.385. The SMILES string of the molecule is NC(=O)c1ccc(CSc2nccn2-c2ccc(Br)cc2)c([N+](=O)[O-])c1. The highest BCUT2D eigenvalue weighted by Gasteiger charge is 2.17. The van der Waals surface area contributed by atoms with Gasteiger partial charge < -0.3 is 5.73 Å². The fraction of sp³-hybridized carbons (Fsp3) is 0.0588. The molecule has 0 aliphatic heterocycles. The molecular weight excluding hydrogens is 420 g/mol. The Balaban J connectivity index is 1.84. The summed E-state index contributed by atoms with van der Waals surface area (Å²) in [4.78, 5) is 26.3. The molecule has 0 aliphatic rings. The van der Waals surface area contributed by atoms with Crippen LogP contribution in [0, 0.1) is 10.1 Å². The molecule has 0 bridgehead atoms. The number of nitro benzene ring substituents is 1. The summed E-state index contributed by atoms with van der Waals surface area (Å²) < 4.78 is 2.88. The van der Waals surface area contributed by atoms with Crippen molar-refractivity contribution in [1.29, 1.82) is 0 Å². The van der Waals surface area contributed by atoms with E-state index in [0.29, 0.717) is 16.5 Å². The lowest BCUT2D eigenvalue weighted by Gasteiger charge is -2.08. The van der Waals surface area contributed by atoms with Crippen LogP contribution in [0.5, 0.6) is 0 Å². The van der Waals surface area contributed by atoms with Gasteiger partial charge in [0.25, 0.3) is 5.69 Å². The lowest BCUT2D eigenvalue weighted by atomic mass is 10.1. The van der Waals surface area contributed by atoms with Gasteiger partial charge in [-0.15, -0.1) is 0 Å². The highest BCUT2D eigenvalue weighted by atomic mass is 79.9. The van der Waals surface area contributed by atoms with Crippen molar-refractivity contribution in [3.8, 4) is 5.69 Å². The van der Waals surface area contributed by atoms with Gasteiger partial charge in [0.2, 0.25) is 5.91 Å². The van der Waals surface area contributed by atoms with Crippen LogP contribution in [0.15, 0.2) is 64.5 Å². The topological polar surface area (TPSA) is 104 Å². The summed E-state index contributed by atoms with van der Waals surface area (Å²) in [6, 6.07) is 12.0. The summed E-state index contributed by atoms with van der Waals surface area (Å²) in [5.41, 5.74) is 6.61. The Hall–Kier alpha value is -2.65. The van der Waals surface area contributed by atoms with Gasteiger partial charge in [0.15, 0.2) is 5.16 Å². The third-order valence-electron chi connectivity index (χ3n) is 3.63. The number of hydrogen-bond acceptors (Lipinski definition) is 5. The Morgan fingerprint density at radius 2 is 2.00 bits per heavy atom. The van der Waals surface area contributed by atoms with Crippen LogP contribution in [0.25, 0.3) is 5.69 Å². The van der Waals surface area contributed by atoms with E-state index in [0.717, 1.165) is 10.2 Å². The number of hydrogen-bond donors (Lipinski definition) is 1. The number of benzene rings is 2. The van der Waals surface area contributed by atoms with Gasteiger partial charge in [-0.25, -0.2) is 4.98 Å². The molecule has 2 N–H and O–H groups in total. The summed E-state index contributed by atoms with van der Waals surface area (Å²) in [7, 11) is 0. The Morgan fingerprint density at radius 3 is 2.65 bits per heavy atom. The maximum atomic E-state index is 11.3. The summed E-state index contributed by atoms with van der Waals surface area (Å²) in [6.45, 7) is 0. The van der Waals surface area contributed by atoms with Crippen molar-refractivity contribution in [1.82, 2.24) is 9.55 Å². The fourth-order valence-corrected chi connectivity index (χ4v) is 3.58. The van der Waals surface area contributed by atoms with Gasteiger partial charge in [0.05, 0.1) is 4.92 Å². The van der Waals surface area contributed by atoms with E-state index in [1.165, 1.54) is 23.9 Å². The number of imidazole rings is 1. The van der Waals surface area contributed by atoms with Gasteiger partial charge in [0.1, 0.15) is 0 Å². The van der Waals surface area contributed by atoms with Crippen molar-refractivity contribution in [2.45, 2.75) is 10.9 Å². The Kier molecular flexibility index (Phi) is 5.38. The highest BCUT2D eigenvalue weighted by molar-refractivity contribution is 9.10. The normalized spacial score (nSPS) is 10.7. The zero-order valence-corrected chi connectivity index (χ0v) is 15.7. The molecule has 9 heteroatoms. The molecule has 3 aromatic rings. The van der Waals surface area contributed by atoms with Crippen molar-refractivity contribution >= 4 is 39.3 Å². The molecule has 132 valence electrons. The number of nitrogens with two attached hydrogens (primary N) is 1. The van der Waals surface area contributed by atoms with Gasteiger partial charge in [-0.1, -0.05) is 33.8 Å². The van der Waals surface area contributed by atoms with Crippen LogP contribution < -0.4 is 5.73 Å². The molecule has 1 amide bonds. The molecule has 2 aromatic carbocycles. The maximum Gasteiger partial charge on any atom is 0.274 e. The first kappa shape index (κ1) is 18.2. The molecule has 7 nitrogen and oxygen atoms in total. The van der Waals surface area contributed by atoms with E-state index in [1.807, 2.05) is 35.0 Å². The predicted octanol–water partition coefficient (Wildman–Crippen LogP) is 3.93. The smallest absolute Gasteiger partial charge is 0.274 e. The molecule has 26 heavy (non-hydrogen) atoms. The van der Waals surface area contributed by atoms with Crippen molar-refractivity contribution < 1.29 is 9.72 Å². The van der Waals surface area contributed by atoms with Crippen molar-refractivity contribution in [2.24, 2.45) is 5.73 Å². The first-order valence-electron chi connectivity index (χ1n) is 7.45. The largest absolute Gasteiger partial charge is 0.366 e. The second-order valence-electron chi connectivity index (χ2n) is 5.31. The number of primary amides is 1. The van der Waals surface area contributed by atoms with E-state index < -0.39 is 10.8 Å². The van der Waals surface area contributed by atoms with Crippen LogP contribution in [0.2, 0.25) is 0 Å². The van der Waals surface area contributed by atoms with E-state index >= 15 is 0 Å². The average Bonchev–Trinajstić information content (AvgIpc) is 3.08. The van der Waals surface area contributed by atoms with E-state index in [-0.39, 0.29) is 11.3 Å². The van der Waals surface area contributed by atoms with Gasteiger partial charge in [-0.05, 0) is 30.3 Å². The first-order valence-corrected chi connectivity index (χ1v) is 9.23. The molecule has 0 fully saturated rings. The Labute approximate surface area is 161 Å². The quantitative estimate of drug-likeness (QED) is 0.360. The number of nitrogens with zero attached hydrogens (tertiary/aromatic N) is 3. The van der Waals surface area contributed by atoms with Crippen molar-refractivity contribution in [3.63, 3.8) is 0 Å². The number of aromatic nitrogens is 2. The van der Waals surface area contributed by atoms with Crippen molar-refractivity contribution in [3.05, 3.63) is 80.6 Å². The molecular formula is C17H13BrN4O3S. The summed E-state index contributed by atoms with van der Waals surface area (Å²) in [5.74, 6) is -0.360. The second kappa shape index (κ2) is 7.71. The first-order chi connectivity index (χ1) is 12.5. The molecule has 0 saturated heterocycles. The fourth-order valence-electron chi connectivity index (χ4n) is 2.35. The summed E-state index contributed by atoms with van der Waals surface area (Å²) >= 11 is 4.77. The third kappa shape index (κ3) is 3.94. The summed E-state index contributed by atoms with van der Waals surface area (Å²) in [5, 5.41) is 12.0. The number of thioether (sulfide) groups is 1. The lowest BCUT2D eigenvalue weighted by Crippen LogP contribution is -2.11. The third-order valence-corrected chi connectivity index (χ3v) is 5.18. The van der Waals surface area contributed by atoms with E-state index in [4.69, 9.17) is 5.73 Å². The molecule has 1 heterocycles. The van der Waals surface area contributed by atoms with Crippen LogP contribution in [0.1, 0.15) is 15.9 Å². The zero-order valence-electron chi connectivity index (χ0n) is 13.3. The van der Waals surface area contributed by atoms with Crippen LogP contribution >= 0.6 is 27.7 Å². The van der Waals surface area contributed by atoms with Gasteiger partial charge in [0, 0.05) is 45.5 Å². The molecule has 0 radical (unpaired) electrons. The van der Waals surface area contributed by atoms with E-state index in [9.17, 15) is 14.9 Å². The van der Waals surface area contributed by atoms with E-state index in [2.05, 4.69) is 20.9 Å². The minimum absolute atomic E-state index is 0.113. The van der Waals surface area contributed by atoms with Crippen LogP contribution in [0.3, 0.4) is 0 Å². The zero-order chi connectivity index (χ0) is 18.7. The van der Waals surface area contributed by atoms with Crippen LogP contribution in [0.4, 0.5) is 5.69 Å². The van der Waals surface area contributed by atoms with Crippen molar-refractivity contribution in [2.75, 3.05) is 0 Å². The monoisotopic (exact) mass is 432 g/mol.